The molecule has 2 heteroatoms. The Labute approximate surface area is 126 Å². The van der Waals surface area contributed by atoms with Crippen LogP contribution in [0.15, 0.2) is 0 Å². The molecule has 0 spiro atoms. The standard InChI is InChI=1S/C18H36N2/c1-14-10-17(3,4)12-18(11-14,13-19)20(5)16-9-7-6-8-15(16)2/h14-16H,6-13,19H2,1-5H3. The van der Waals surface area contributed by atoms with Crippen LogP contribution in [0.25, 0.3) is 0 Å². The molecule has 0 aromatic heterocycles. The van der Waals surface area contributed by atoms with E-state index in [9.17, 15) is 0 Å². The first-order valence-electron chi connectivity index (χ1n) is 8.73. The maximum absolute atomic E-state index is 6.33. The van der Waals surface area contributed by atoms with Crippen LogP contribution in [-0.2, 0) is 0 Å². The Hall–Kier alpha value is -0.0800. The second kappa shape index (κ2) is 5.96. The lowest BCUT2D eigenvalue weighted by atomic mass is 9.63. The zero-order chi connectivity index (χ0) is 15.0. The topological polar surface area (TPSA) is 29.3 Å². The first-order valence-corrected chi connectivity index (χ1v) is 8.73. The molecule has 2 N–H and O–H groups in total. The second-order valence-electron chi connectivity index (χ2n) is 8.72. The summed E-state index contributed by atoms with van der Waals surface area (Å²) in [6.45, 7) is 10.6. The molecule has 4 atom stereocenters. The fraction of sp³-hybridized carbons (Fsp3) is 1.00. The van der Waals surface area contributed by atoms with Crippen LogP contribution >= 0.6 is 0 Å². The van der Waals surface area contributed by atoms with Crippen LogP contribution in [0.2, 0.25) is 0 Å². The third kappa shape index (κ3) is 3.22. The van der Waals surface area contributed by atoms with Crippen LogP contribution in [-0.4, -0.2) is 30.1 Å². The van der Waals surface area contributed by atoms with Gasteiger partial charge in [-0.25, -0.2) is 0 Å². The highest BCUT2D eigenvalue weighted by Crippen LogP contribution is 2.47. The monoisotopic (exact) mass is 280 g/mol. The molecule has 0 aliphatic heterocycles. The van der Waals surface area contributed by atoms with Crippen molar-refractivity contribution in [1.29, 1.82) is 0 Å². The SMILES string of the molecule is CC1CC(C)(C)CC(CN)(N(C)C2CCCCC2C)C1. The quantitative estimate of drug-likeness (QED) is 0.845. The normalized spacial score (nSPS) is 41.9. The maximum atomic E-state index is 6.33. The number of likely N-dealkylation sites (N-methyl/N-ethyl adjacent to an activating group) is 1. The highest BCUT2D eigenvalue weighted by Gasteiger charge is 2.47. The van der Waals surface area contributed by atoms with E-state index in [0.29, 0.717) is 5.41 Å². The van der Waals surface area contributed by atoms with Gasteiger partial charge >= 0.3 is 0 Å². The molecule has 2 fully saturated rings. The second-order valence-corrected chi connectivity index (χ2v) is 8.72. The number of hydrogen-bond donors (Lipinski definition) is 1. The van der Waals surface area contributed by atoms with E-state index in [1.165, 1.54) is 44.9 Å². The van der Waals surface area contributed by atoms with Crippen molar-refractivity contribution >= 4 is 0 Å². The van der Waals surface area contributed by atoms with Gasteiger partial charge in [-0.05, 0) is 56.4 Å². The molecule has 2 saturated carbocycles. The summed E-state index contributed by atoms with van der Waals surface area (Å²) in [7, 11) is 2.37. The molecule has 0 aromatic rings. The van der Waals surface area contributed by atoms with E-state index < -0.39 is 0 Å². The third-order valence-corrected chi connectivity index (χ3v) is 6.13. The van der Waals surface area contributed by atoms with Crippen LogP contribution in [0.1, 0.15) is 72.6 Å². The molecule has 0 saturated heterocycles. The average molecular weight is 280 g/mol. The lowest BCUT2D eigenvalue weighted by Gasteiger charge is -2.55. The van der Waals surface area contributed by atoms with E-state index in [1.807, 2.05) is 0 Å². The molecule has 118 valence electrons. The Morgan fingerprint density at radius 1 is 1.10 bits per heavy atom. The molecule has 2 rings (SSSR count). The Morgan fingerprint density at radius 2 is 1.75 bits per heavy atom. The van der Waals surface area contributed by atoms with E-state index in [0.717, 1.165) is 24.4 Å². The van der Waals surface area contributed by atoms with Crippen molar-refractivity contribution < 1.29 is 0 Å². The average Bonchev–Trinajstić information content (AvgIpc) is 2.36. The van der Waals surface area contributed by atoms with Gasteiger partial charge in [-0.2, -0.15) is 0 Å². The van der Waals surface area contributed by atoms with Gasteiger partial charge in [0, 0.05) is 18.1 Å². The van der Waals surface area contributed by atoms with Crippen molar-refractivity contribution in [1.82, 2.24) is 4.90 Å². The van der Waals surface area contributed by atoms with Gasteiger partial charge < -0.3 is 5.73 Å². The van der Waals surface area contributed by atoms with Crippen molar-refractivity contribution in [2.75, 3.05) is 13.6 Å². The van der Waals surface area contributed by atoms with Crippen molar-refractivity contribution in [3.63, 3.8) is 0 Å². The van der Waals surface area contributed by atoms with Crippen molar-refractivity contribution in [3.8, 4) is 0 Å². The van der Waals surface area contributed by atoms with Gasteiger partial charge in [-0.3, -0.25) is 4.90 Å². The number of rotatable bonds is 3. The predicted molar refractivity (Wildman–Crippen MR) is 87.8 cm³/mol. The minimum Gasteiger partial charge on any atom is -0.329 e. The molecule has 0 aromatic carbocycles. The minimum absolute atomic E-state index is 0.234. The Kier molecular flexibility index (Phi) is 4.86. The summed E-state index contributed by atoms with van der Waals surface area (Å²) in [5, 5.41) is 0. The first-order chi connectivity index (χ1) is 9.30. The highest BCUT2D eigenvalue weighted by atomic mass is 15.2. The summed E-state index contributed by atoms with van der Waals surface area (Å²) in [5.74, 6) is 1.63. The van der Waals surface area contributed by atoms with Gasteiger partial charge in [0.2, 0.25) is 0 Å². The molecule has 2 aliphatic carbocycles. The molecule has 20 heavy (non-hydrogen) atoms. The Balaban J connectivity index is 2.20. The summed E-state index contributed by atoms with van der Waals surface area (Å²) >= 11 is 0. The fourth-order valence-electron chi connectivity index (χ4n) is 5.49. The van der Waals surface area contributed by atoms with Gasteiger partial charge in [0.15, 0.2) is 0 Å². The van der Waals surface area contributed by atoms with E-state index in [4.69, 9.17) is 5.73 Å². The van der Waals surface area contributed by atoms with Gasteiger partial charge in [-0.1, -0.05) is 40.5 Å². The molecule has 0 radical (unpaired) electrons. The minimum atomic E-state index is 0.234. The fourth-order valence-corrected chi connectivity index (χ4v) is 5.49. The summed E-state index contributed by atoms with van der Waals surface area (Å²) in [6.07, 6.45) is 9.49. The van der Waals surface area contributed by atoms with Crippen LogP contribution in [0, 0.1) is 17.3 Å². The predicted octanol–water partition coefficient (Wildman–Crippen LogP) is 4.04. The van der Waals surface area contributed by atoms with Crippen LogP contribution in [0.4, 0.5) is 0 Å². The number of hydrogen-bond acceptors (Lipinski definition) is 2. The number of nitrogens with two attached hydrogens (primary N) is 1. The van der Waals surface area contributed by atoms with E-state index in [-0.39, 0.29) is 5.54 Å². The molecule has 0 heterocycles. The Morgan fingerprint density at radius 3 is 2.30 bits per heavy atom. The van der Waals surface area contributed by atoms with Crippen molar-refractivity contribution in [2.24, 2.45) is 23.0 Å². The summed E-state index contributed by atoms with van der Waals surface area (Å²) < 4.78 is 0. The van der Waals surface area contributed by atoms with Crippen LogP contribution in [0.3, 0.4) is 0 Å². The number of nitrogens with zero attached hydrogens (tertiary/aromatic N) is 1. The van der Waals surface area contributed by atoms with E-state index >= 15 is 0 Å². The van der Waals surface area contributed by atoms with Crippen molar-refractivity contribution in [2.45, 2.75) is 84.2 Å². The lowest BCUT2D eigenvalue weighted by molar-refractivity contribution is -0.0403. The van der Waals surface area contributed by atoms with E-state index in [2.05, 4.69) is 39.6 Å². The zero-order valence-corrected chi connectivity index (χ0v) is 14.4. The lowest BCUT2D eigenvalue weighted by Crippen LogP contribution is -2.61. The molecule has 4 unspecified atom stereocenters. The summed E-state index contributed by atoms with van der Waals surface area (Å²) in [6, 6.07) is 0.744. The van der Waals surface area contributed by atoms with Crippen molar-refractivity contribution in [3.05, 3.63) is 0 Å². The third-order valence-electron chi connectivity index (χ3n) is 6.13. The molecule has 0 amide bonds. The van der Waals surface area contributed by atoms with Gasteiger partial charge in [0.1, 0.15) is 0 Å². The highest BCUT2D eigenvalue weighted by molar-refractivity contribution is 5.02. The molecular weight excluding hydrogens is 244 g/mol. The van der Waals surface area contributed by atoms with E-state index in [1.54, 1.807) is 0 Å². The molecular formula is C18H36N2. The summed E-state index contributed by atoms with van der Waals surface area (Å²) in [5.41, 5.74) is 7.00. The first kappa shape index (κ1) is 16.3. The van der Waals surface area contributed by atoms with Gasteiger partial charge in [0.05, 0.1) is 0 Å². The summed E-state index contributed by atoms with van der Waals surface area (Å²) in [4.78, 5) is 2.72. The van der Waals surface area contributed by atoms with Crippen LogP contribution < -0.4 is 5.73 Å². The largest absolute Gasteiger partial charge is 0.329 e. The Bertz CT molecular complexity index is 325. The zero-order valence-electron chi connectivity index (χ0n) is 14.4. The van der Waals surface area contributed by atoms with Gasteiger partial charge in [-0.15, -0.1) is 0 Å². The smallest absolute Gasteiger partial charge is 0.0339 e. The molecule has 0 bridgehead atoms. The molecule has 2 aliphatic rings. The van der Waals surface area contributed by atoms with Crippen LogP contribution in [0.5, 0.6) is 0 Å². The van der Waals surface area contributed by atoms with Gasteiger partial charge in [0.25, 0.3) is 0 Å². The maximum Gasteiger partial charge on any atom is 0.0339 e. The molecule has 2 nitrogen and oxygen atoms in total.